The van der Waals surface area contributed by atoms with Gasteiger partial charge >= 0.3 is 0 Å². The van der Waals surface area contributed by atoms with E-state index in [1.165, 1.54) is 0 Å². The molecule has 0 saturated carbocycles. The van der Waals surface area contributed by atoms with Crippen LogP contribution >= 0.6 is 0 Å². The molecule has 0 aromatic carbocycles. The van der Waals surface area contributed by atoms with Gasteiger partial charge in [-0.2, -0.15) is 8.42 Å². The van der Waals surface area contributed by atoms with Crippen LogP contribution in [0, 0.1) is 0 Å². The second-order valence-electron chi connectivity index (χ2n) is 1.90. The second kappa shape index (κ2) is 4.39. The average molecular weight is 182 g/mol. The normalized spacial score (nSPS) is 14.4. The molecule has 4 N–H and O–H groups in total. The Bertz CT molecular complexity index is 212. The standard InChI is InChI=1S/C4H10N2O4S/c5-4(3-7)6-1-2-11(8,9)10/h3-4,6H,1-2,5H2,(H,8,9,10). The highest BCUT2D eigenvalue weighted by Crippen LogP contribution is 1.78. The first-order chi connectivity index (χ1) is 4.95. The molecule has 0 saturated heterocycles. The summed E-state index contributed by atoms with van der Waals surface area (Å²) in [5.41, 5.74) is 5.05. The van der Waals surface area contributed by atoms with E-state index in [0.29, 0.717) is 6.29 Å². The van der Waals surface area contributed by atoms with E-state index in [0.717, 1.165) is 0 Å². The summed E-state index contributed by atoms with van der Waals surface area (Å²) in [6.07, 6.45) is -0.443. The maximum Gasteiger partial charge on any atom is 0.266 e. The summed E-state index contributed by atoms with van der Waals surface area (Å²) in [7, 11) is -3.96. The molecule has 1 unspecified atom stereocenters. The van der Waals surface area contributed by atoms with E-state index in [9.17, 15) is 13.2 Å². The van der Waals surface area contributed by atoms with Crippen LogP contribution in [0.1, 0.15) is 0 Å². The number of aldehydes is 1. The number of nitrogens with two attached hydrogens (primary N) is 1. The van der Waals surface area contributed by atoms with Gasteiger partial charge in [0.15, 0.2) is 6.29 Å². The van der Waals surface area contributed by atoms with Gasteiger partial charge in [0.05, 0.1) is 5.75 Å². The van der Waals surface area contributed by atoms with Crippen molar-refractivity contribution in [3.8, 4) is 0 Å². The van der Waals surface area contributed by atoms with Gasteiger partial charge in [0.1, 0.15) is 6.17 Å². The van der Waals surface area contributed by atoms with E-state index in [1.807, 2.05) is 0 Å². The first-order valence-electron chi connectivity index (χ1n) is 2.85. The lowest BCUT2D eigenvalue weighted by atomic mass is 10.5. The molecular formula is C4H10N2O4S. The van der Waals surface area contributed by atoms with Crippen LogP contribution in [0.15, 0.2) is 0 Å². The van der Waals surface area contributed by atoms with E-state index in [1.54, 1.807) is 0 Å². The van der Waals surface area contributed by atoms with Crippen molar-refractivity contribution in [3.63, 3.8) is 0 Å². The van der Waals surface area contributed by atoms with Gasteiger partial charge in [-0.05, 0) is 0 Å². The zero-order chi connectivity index (χ0) is 8.91. The van der Waals surface area contributed by atoms with Gasteiger partial charge in [-0.15, -0.1) is 0 Å². The third-order valence-corrected chi connectivity index (χ3v) is 1.61. The molecular weight excluding hydrogens is 172 g/mol. The fourth-order valence-corrected chi connectivity index (χ4v) is 0.778. The zero-order valence-electron chi connectivity index (χ0n) is 5.73. The molecule has 0 aromatic heterocycles. The van der Waals surface area contributed by atoms with E-state index in [-0.39, 0.29) is 6.54 Å². The topological polar surface area (TPSA) is 109 Å². The summed E-state index contributed by atoms with van der Waals surface area (Å²) in [6, 6.07) is 0. The minimum Gasteiger partial charge on any atom is -0.310 e. The quantitative estimate of drug-likeness (QED) is 0.256. The number of nitrogens with one attached hydrogen (secondary N) is 1. The maximum absolute atomic E-state index is 10.1. The highest BCUT2D eigenvalue weighted by Gasteiger charge is 2.04. The third kappa shape index (κ3) is 7.40. The number of carbonyl (C=O) groups is 1. The number of hydrogen-bond acceptors (Lipinski definition) is 5. The Hall–Kier alpha value is -0.500. The van der Waals surface area contributed by atoms with E-state index < -0.39 is 22.0 Å². The summed E-state index contributed by atoms with van der Waals surface area (Å²) in [4.78, 5) is 9.86. The molecule has 0 amide bonds. The molecule has 0 bridgehead atoms. The van der Waals surface area contributed by atoms with Crippen molar-refractivity contribution in [3.05, 3.63) is 0 Å². The predicted octanol–water partition coefficient (Wildman–Crippen LogP) is -2.05. The second-order valence-corrected chi connectivity index (χ2v) is 3.47. The lowest BCUT2D eigenvalue weighted by Gasteiger charge is -2.04. The molecule has 66 valence electrons. The Morgan fingerprint density at radius 1 is 1.64 bits per heavy atom. The molecule has 0 spiro atoms. The van der Waals surface area contributed by atoms with Crippen molar-refractivity contribution >= 4 is 16.4 Å². The predicted molar refractivity (Wildman–Crippen MR) is 38.5 cm³/mol. The minimum absolute atomic E-state index is 0.0429. The number of hydrogen-bond donors (Lipinski definition) is 3. The molecule has 11 heavy (non-hydrogen) atoms. The minimum atomic E-state index is -3.96. The van der Waals surface area contributed by atoms with Crippen molar-refractivity contribution in [2.24, 2.45) is 5.73 Å². The molecule has 7 heteroatoms. The smallest absolute Gasteiger partial charge is 0.266 e. The van der Waals surface area contributed by atoms with Gasteiger partial charge in [0, 0.05) is 6.54 Å². The average Bonchev–Trinajstić information content (AvgIpc) is 1.85. The molecule has 1 atom stereocenters. The van der Waals surface area contributed by atoms with Crippen molar-refractivity contribution in [2.75, 3.05) is 12.3 Å². The van der Waals surface area contributed by atoms with Crippen LogP contribution in [0.3, 0.4) is 0 Å². The van der Waals surface area contributed by atoms with Gasteiger partial charge in [-0.3, -0.25) is 9.87 Å². The van der Waals surface area contributed by atoms with Crippen molar-refractivity contribution < 1.29 is 17.8 Å². The van der Waals surface area contributed by atoms with Crippen LogP contribution in [0.25, 0.3) is 0 Å². The SMILES string of the molecule is NC(C=O)NCCS(=O)(=O)O. The maximum atomic E-state index is 10.1. The van der Waals surface area contributed by atoms with Crippen molar-refractivity contribution in [1.29, 1.82) is 0 Å². The fourth-order valence-electron chi connectivity index (χ4n) is 0.403. The Balaban J connectivity index is 3.51. The zero-order valence-corrected chi connectivity index (χ0v) is 6.54. The first-order valence-corrected chi connectivity index (χ1v) is 4.46. The molecule has 0 aliphatic carbocycles. The first kappa shape index (κ1) is 10.5. The summed E-state index contributed by atoms with van der Waals surface area (Å²) in [5.74, 6) is -0.450. The Kier molecular flexibility index (Phi) is 4.19. The van der Waals surface area contributed by atoms with Gasteiger partial charge < -0.3 is 10.5 Å². The molecule has 0 aromatic rings. The lowest BCUT2D eigenvalue weighted by molar-refractivity contribution is -0.109. The van der Waals surface area contributed by atoms with E-state index in [4.69, 9.17) is 10.3 Å². The van der Waals surface area contributed by atoms with E-state index >= 15 is 0 Å². The molecule has 0 aliphatic rings. The molecule has 0 radical (unpaired) electrons. The summed E-state index contributed by atoms with van der Waals surface area (Å²) < 4.78 is 28.4. The van der Waals surface area contributed by atoms with Crippen LogP contribution in [-0.2, 0) is 14.9 Å². The summed E-state index contributed by atoms with van der Waals surface area (Å²) in [5, 5.41) is 2.36. The van der Waals surface area contributed by atoms with Crippen LogP contribution in [0.2, 0.25) is 0 Å². The number of carbonyl (C=O) groups excluding carboxylic acids is 1. The van der Waals surface area contributed by atoms with Gasteiger partial charge in [-0.25, -0.2) is 0 Å². The monoisotopic (exact) mass is 182 g/mol. The Morgan fingerprint density at radius 3 is 2.55 bits per heavy atom. The van der Waals surface area contributed by atoms with Crippen LogP contribution in [0.5, 0.6) is 0 Å². The Morgan fingerprint density at radius 2 is 2.18 bits per heavy atom. The largest absolute Gasteiger partial charge is 0.310 e. The summed E-state index contributed by atoms with van der Waals surface area (Å²) in [6.45, 7) is -0.0429. The fraction of sp³-hybridized carbons (Fsp3) is 0.750. The molecule has 0 fully saturated rings. The Labute approximate surface area is 64.5 Å². The van der Waals surface area contributed by atoms with Crippen molar-refractivity contribution in [2.45, 2.75) is 6.17 Å². The third-order valence-electron chi connectivity index (χ3n) is 0.887. The van der Waals surface area contributed by atoms with Gasteiger partial charge in [0.25, 0.3) is 10.1 Å². The number of rotatable bonds is 5. The molecule has 0 heterocycles. The lowest BCUT2D eigenvalue weighted by Crippen LogP contribution is -2.40. The van der Waals surface area contributed by atoms with Gasteiger partial charge in [-0.1, -0.05) is 0 Å². The highest BCUT2D eigenvalue weighted by atomic mass is 32.2. The molecule has 0 aliphatic heterocycles. The molecule has 6 nitrogen and oxygen atoms in total. The van der Waals surface area contributed by atoms with Crippen LogP contribution in [0.4, 0.5) is 0 Å². The van der Waals surface area contributed by atoms with Crippen LogP contribution < -0.4 is 11.1 Å². The van der Waals surface area contributed by atoms with E-state index in [2.05, 4.69) is 5.32 Å². The summed E-state index contributed by atoms with van der Waals surface area (Å²) >= 11 is 0. The van der Waals surface area contributed by atoms with Crippen LogP contribution in [-0.4, -0.2) is 37.7 Å². The van der Waals surface area contributed by atoms with Crippen molar-refractivity contribution in [1.82, 2.24) is 5.32 Å². The highest BCUT2D eigenvalue weighted by molar-refractivity contribution is 7.85. The molecule has 0 rings (SSSR count). The van der Waals surface area contributed by atoms with Gasteiger partial charge in [0.2, 0.25) is 0 Å².